The van der Waals surface area contributed by atoms with Crippen molar-refractivity contribution in [3.63, 3.8) is 0 Å². The van der Waals surface area contributed by atoms with Gasteiger partial charge in [-0.1, -0.05) is 0 Å². The van der Waals surface area contributed by atoms with E-state index in [1.165, 1.54) is 0 Å². The average Bonchev–Trinajstić information content (AvgIpc) is 2.49. The summed E-state index contributed by atoms with van der Waals surface area (Å²) in [6.45, 7) is 3.82. The molecule has 6 nitrogen and oxygen atoms in total. The normalized spacial score (nSPS) is 17.8. The fourth-order valence-corrected chi connectivity index (χ4v) is 2.58. The molecular weight excluding hydrogens is 282 g/mol. The van der Waals surface area contributed by atoms with Crippen LogP contribution in [0.15, 0.2) is 24.3 Å². The predicted octanol–water partition coefficient (Wildman–Crippen LogP) is 1.85. The zero-order valence-corrected chi connectivity index (χ0v) is 13.5. The van der Waals surface area contributed by atoms with E-state index in [1.807, 2.05) is 7.05 Å². The van der Waals surface area contributed by atoms with Gasteiger partial charge in [0.1, 0.15) is 11.5 Å². The quantitative estimate of drug-likeness (QED) is 0.833. The van der Waals surface area contributed by atoms with Crippen molar-refractivity contribution in [1.29, 1.82) is 0 Å². The molecule has 0 aliphatic carbocycles. The van der Waals surface area contributed by atoms with Crippen LogP contribution in [-0.2, 0) is 0 Å². The lowest BCUT2D eigenvalue weighted by Crippen LogP contribution is -2.50. The van der Waals surface area contributed by atoms with E-state index < -0.39 is 6.23 Å². The average molecular weight is 307 g/mol. The van der Waals surface area contributed by atoms with Gasteiger partial charge in [-0.05, 0) is 64.2 Å². The van der Waals surface area contributed by atoms with Crippen LogP contribution in [0.2, 0.25) is 0 Å². The molecule has 6 heteroatoms. The minimum absolute atomic E-state index is 0.124. The van der Waals surface area contributed by atoms with Gasteiger partial charge in [0.15, 0.2) is 6.23 Å². The van der Waals surface area contributed by atoms with E-state index in [0.717, 1.165) is 25.9 Å². The van der Waals surface area contributed by atoms with Crippen LogP contribution in [0.4, 0.5) is 4.79 Å². The van der Waals surface area contributed by atoms with Crippen LogP contribution in [0.25, 0.3) is 0 Å². The third kappa shape index (κ3) is 4.53. The Kier molecular flexibility index (Phi) is 5.49. The number of phenolic OH excluding ortho intramolecular Hbond substituents is 1. The molecule has 1 atom stereocenters. The fraction of sp³-hybridized carbons (Fsp3) is 0.562. The van der Waals surface area contributed by atoms with Gasteiger partial charge in [0.05, 0.1) is 0 Å². The van der Waals surface area contributed by atoms with Gasteiger partial charge in [-0.25, -0.2) is 4.79 Å². The van der Waals surface area contributed by atoms with E-state index >= 15 is 0 Å². The molecule has 1 unspecified atom stereocenters. The van der Waals surface area contributed by atoms with E-state index in [1.54, 1.807) is 36.1 Å². The predicted molar refractivity (Wildman–Crippen MR) is 85.0 cm³/mol. The first-order valence-corrected chi connectivity index (χ1v) is 7.63. The molecule has 2 rings (SSSR count). The highest BCUT2D eigenvalue weighted by Crippen LogP contribution is 2.17. The number of nitrogens with one attached hydrogen (secondary N) is 1. The van der Waals surface area contributed by atoms with Gasteiger partial charge in [-0.15, -0.1) is 0 Å². The van der Waals surface area contributed by atoms with Crippen LogP contribution in [0.5, 0.6) is 11.5 Å². The van der Waals surface area contributed by atoms with Gasteiger partial charge >= 0.3 is 6.03 Å². The maximum atomic E-state index is 12.3. The molecule has 2 N–H and O–H groups in total. The molecule has 1 aromatic rings. The lowest BCUT2D eigenvalue weighted by Gasteiger charge is -2.35. The number of aromatic hydroxyl groups is 1. The monoisotopic (exact) mass is 307 g/mol. The largest absolute Gasteiger partial charge is 0.508 e. The Morgan fingerprint density at radius 3 is 2.55 bits per heavy atom. The third-order valence-corrected chi connectivity index (χ3v) is 4.03. The Morgan fingerprint density at radius 1 is 1.36 bits per heavy atom. The highest BCUT2D eigenvalue weighted by molar-refractivity contribution is 5.74. The second-order valence-electron chi connectivity index (χ2n) is 5.85. The number of hydrogen-bond donors (Lipinski definition) is 2. The summed E-state index contributed by atoms with van der Waals surface area (Å²) >= 11 is 0. The van der Waals surface area contributed by atoms with E-state index in [4.69, 9.17) is 4.74 Å². The van der Waals surface area contributed by atoms with Crippen molar-refractivity contribution in [2.24, 2.45) is 0 Å². The maximum absolute atomic E-state index is 12.3. The van der Waals surface area contributed by atoms with Crippen LogP contribution in [0.1, 0.15) is 19.8 Å². The molecule has 1 saturated heterocycles. The molecule has 1 heterocycles. The van der Waals surface area contributed by atoms with Gasteiger partial charge < -0.3 is 25.0 Å². The topological polar surface area (TPSA) is 65.0 Å². The highest BCUT2D eigenvalue weighted by Gasteiger charge is 2.24. The van der Waals surface area contributed by atoms with Crippen molar-refractivity contribution in [2.45, 2.75) is 32.0 Å². The summed E-state index contributed by atoms with van der Waals surface area (Å²) in [4.78, 5) is 16.3. The van der Waals surface area contributed by atoms with Crippen LogP contribution >= 0.6 is 0 Å². The maximum Gasteiger partial charge on any atom is 0.320 e. The second kappa shape index (κ2) is 7.35. The molecule has 122 valence electrons. The summed E-state index contributed by atoms with van der Waals surface area (Å²) in [5.74, 6) is 0.790. The molecule has 0 bridgehead atoms. The Balaban J connectivity index is 1.81. The Morgan fingerprint density at radius 2 is 1.95 bits per heavy atom. The van der Waals surface area contributed by atoms with Crippen molar-refractivity contribution in [3.05, 3.63) is 24.3 Å². The van der Waals surface area contributed by atoms with Crippen LogP contribution in [-0.4, -0.2) is 60.4 Å². The summed E-state index contributed by atoms with van der Waals surface area (Å²) in [6.07, 6.45) is 1.55. The Bertz CT molecular complexity index is 484. The lowest BCUT2D eigenvalue weighted by molar-refractivity contribution is 0.127. The molecule has 0 radical (unpaired) electrons. The third-order valence-electron chi connectivity index (χ3n) is 4.03. The smallest absolute Gasteiger partial charge is 0.320 e. The minimum Gasteiger partial charge on any atom is -0.508 e. The molecule has 0 saturated carbocycles. The van der Waals surface area contributed by atoms with Gasteiger partial charge in [-0.2, -0.15) is 0 Å². The second-order valence-corrected chi connectivity index (χ2v) is 5.85. The molecule has 0 spiro atoms. The number of carbonyl (C=O) groups excluding carboxylic acids is 1. The van der Waals surface area contributed by atoms with Crippen molar-refractivity contribution in [2.75, 3.05) is 27.2 Å². The summed E-state index contributed by atoms with van der Waals surface area (Å²) < 4.78 is 5.62. The molecule has 1 fully saturated rings. The molecule has 22 heavy (non-hydrogen) atoms. The fourth-order valence-electron chi connectivity index (χ4n) is 2.58. The summed E-state index contributed by atoms with van der Waals surface area (Å²) in [5, 5.41) is 12.1. The Hall–Kier alpha value is -1.95. The van der Waals surface area contributed by atoms with Crippen molar-refractivity contribution < 1.29 is 14.6 Å². The Labute approximate surface area is 131 Å². The molecule has 1 aromatic carbocycles. The van der Waals surface area contributed by atoms with Gasteiger partial charge in [0.2, 0.25) is 0 Å². The number of hydrogen-bond acceptors (Lipinski definition) is 4. The number of ether oxygens (including phenoxy) is 1. The van der Waals surface area contributed by atoms with E-state index in [0.29, 0.717) is 5.75 Å². The van der Waals surface area contributed by atoms with Gasteiger partial charge in [0.25, 0.3) is 0 Å². The van der Waals surface area contributed by atoms with E-state index in [2.05, 4.69) is 17.3 Å². The first-order valence-electron chi connectivity index (χ1n) is 7.63. The molecular formula is C16H25N3O3. The van der Waals surface area contributed by atoms with Gasteiger partial charge in [0, 0.05) is 13.1 Å². The van der Waals surface area contributed by atoms with Crippen LogP contribution in [0, 0.1) is 0 Å². The number of urea groups is 1. The van der Waals surface area contributed by atoms with Crippen molar-refractivity contribution in [1.82, 2.24) is 15.1 Å². The van der Waals surface area contributed by atoms with Crippen LogP contribution < -0.4 is 10.1 Å². The minimum atomic E-state index is -0.439. The van der Waals surface area contributed by atoms with Gasteiger partial charge in [-0.3, -0.25) is 0 Å². The zero-order chi connectivity index (χ0) is 16.1. The SMILES string of the molecule is CC(NC(=O)N(C)C1CCN(C)CC1)Oc1ccc(O)cc1. The number of carbonyl (C=O) groups is 1. The van der Waals surface area contributed by atoms with E-state index in [9.17, 15) is 9.90 Å². The zero-order valence-electron chi connectivity index (χ0n) is 13.5. The first kappa shape index (κ1) is 16.4. The standard InChI is InChI=1S/C16H25N3O3/c1-12(22-15-6-4-14(20)5-7-15)17-16(21)19(3)13-8-10-18(2)11-9-13/h4-7,12-13,20H,8-11H2,1-3H3,(H,17,21). The molecule has 1 aliphatic rings. The number of nitrogens with zero attached hydrogens (tertiary/aromatic N) is 2. The van der Waals surface area contributed by atoms with Crippen molar-refractivity contribution >= 4 is 6.03 Å². The summed E-state index contributed by atoms with van der Waals surface area (Å²) in [6, 6.07) is 6.58. The van der Waals surface area contributed by atoms with Crippen LogP contribution in [0.3, 0.4) is 0 Å². The summed E-state index contributed by atoms with van der Waals surface area (Å²) in [7, 11) is 3.93. The number of amides is 2. The first-order chi connectivity index (χ1) is 10.5. The number of phenols is 1. The van der Waals surface area contributed by atoms with E-state index in [-0.39, 0.29) is 17.8 Å². The molecule has 2 amide bonds. The number of likely N-dealkylation sites (tertiary alicyclic amines) is 1. The summed E-state index contributed by atoms with van der Waals surface area (Å²) in [5.41, 5.74) is 0. The number of benzene rings is 1. The molecule has 0 aromatic heterocycles. The number of rotatable bonds is 4. The lowest BCUT2D eigenvalue weighted by atomic mass is 10.0. The van der Waals surface area contributed by atoms with Crippen molar-refractivity contribution in [3.8, 4) is 11.5 Å². The number of piperidine rings is 1. The molecule has 1 aliphatic heterocycles. The highest BCUT2D eigenvalue weighted by atomic mass is 16.5.